The van der Waals surface area contributed by atoms with E-state index in [1.165, 1.54) is 7.11 Å². The molecular weight excluding hydrogens is 320 g/mol. The van der Waals surface area contributed by atoms with Crippen LogP contribution in [-0.4, -0.2) is 33.1 Å². The molecule has 2 atom stereocenters. The maximum atomic E-state index is 12.2. The molecule has 0 aromatic heterocycles. The highest BCUT2D eigenvalue weighted by molar-refractivity contribution is 6.73. The molecule has 0 saturated carbocycles. The molecule has 0 aromatic carbocycles. The van der Waals surface area contributed by atoms with Crippen LogP contribution >= 0.6 is 0 Å². The zero-order valence-corrected chi connectivity index (χ0v) is 16.9. The highest BCUT2D eigenvalue weighted by atomic mass is 28.4. The summed E-state index contributed by atoms with van der Waals surface area (Å²) in [5.74, 6) is 0.322. The lowest BCUT2D eigenvalue weighted by Crippen LogP contribution is -2.40. The Morgan fingerprint density at radius 3 is 2.46 bits per heavy atom. The summed E-state index contributed by atoms with van der Waals surface area (Å²) in [7, 11) is -0.333. The number of rotatable bonds is 6. The van der Waals surface area contributed by atoms with Crippen molar-refractivity contribution in [3.63, 3.8) is 0 Å². The smallest absolute Gasteiger partial charge is 0.337 e. The molecule has 0 unspecified atom stereocenters. The van der Waals surface area contributed by atoms with E-state index in [0.717, 1.165) is 43.0 Å². The number of hydrogen-bond donors (Lipinski definition) is 0. The summed E-state index contributed by atoms with van der Waals surface area (Å²) in [5, 5.41) is 0. The van der Waals surface area contributed by atoms with Crippen LogP contribution in [0.1, 0.15) is 53.4 Å². The molecule has 1 fully saturated rings. The minimum Gasteiger partial charge on any atom is -0.487 e. The molecule has 24 heavy (non-hydrogen) atoms. The monoisotopic (exact) mass is 352 g/mol. The maximum Gasteiger partial charge on any atom is 0.337 e. The summed E-state index contributed by atoms with van der Waals surface area (Å²) in [4.78, 5) is 12.2. The van der Waals surface area contributed by atoms with Gasteiger partial charge < -0.3 is 13.9 Å². The molecule has 0 radical (unpaired) electrons. The lowest BCUT2D eigenvalue weighted by molar-refractivity contribution is -0.137. The fourth-order valence-electron chi connectivity index (χ4n) is 3.80. The largest absolute Gasteiger partial charge is 0.487 e. The first-order valence-corrected chi connectivity index (χ1v) is 11.7. The molecule has 0 aromatic rings. The Balaban J connectivity index is 2.36. The molecule has 4 nitrogen and oxygen atoms in total. The van der Waals surface area contributed by atoms with Crippen molar-refractivity contribution in [1.82, 2.24) is 0 Å². The minimum atomic E-state index is -1.75. The Labute approximate surface area is 147 Å². The van der Waals surface area contributed by atoms with Gasteiger partial charge in [-0.25, -0.2) is 4.79 Å². The van der Waals surface area contributed by atoms with Crippen LogP contribution in [0, 0.1) is 0 Å². The van der Waals surface area contributed by atoms with E-state index in [0.29, 0.717) is 17.8 Å². The Morgan fingerprint density at radius 2 is 1.92 bits per heavy atom. The van der Waals surface area contributed by atoms with Gasteiger partial charge in [0, 0.05) is 5.57 Å². The van der Waals surface area contributed by atoms with Crippen LogP contribution < -0.4 is 0 Å². The van der Waals surface area contributed by atoms with E-state index >= 15 is 0 Å². The van der Waals surface area contributed by atoms with Crippen molar-refractivity contribution < 1.29 is 18.7 Å². The quantitative estimate of drug-likeness (QED) is 0.512. The van der Waals surface area contributed by atoms with Crippen molar-refractivity contribution in [1.29, 1.82) is 0 Å². The molecular formula is C19H32O4Si. The van der Waals surface area contributed by atoms with Gasteiger partial charge in [-0.1, -0.05) is 27.4 Å². The van der Waals surface area contributed by atoms with E-state index in [2.05, 4.69) is 34.3 Å². The van der Waals surface area contributed by atoms with E-state index in [1.54, 1.807) is 0 Å². The van der Waals surface area contributed by atoms with Crippen LogP contribution in [0.4, 0.5) is 0 Å². The Morgan fingerprint density at radius 1 is 1.29 bits per heavy atom. The molecule has 5 heteroatoms. The van der Waals surface area contributed by atoms with Gasteiger partial charge in [0.2, 0.25) is 0 Å². The Bertz CT molecular complexity index is 527. The number of fused-ring (bicyclic) bond motifs is 2. The van der Waals surface area contributed by atoms with Crippen molar-refractivity contribution in [3.8, 4) is 0 Å². The number of methoxy groups -OCH3 is 1. The normalized spacial score (nSPS) is 27.5. The summed E-state index contributed by atoms with van der Waals surface area (Å²) in [6.07, 6.45) is 3.30. The molecule has 1 saturated heterocycles. The molecule has 0 spiro atoms. The first-order valence-electron chi connectivity index (χ1n) is 9.21. The van der Waals surface area contributed by atoms with Gasteiger partial charge in [0.1, 0.15) is 11.4 Å². The van der Waals surface area contributed by atoms with Crippen molar-refractivity contribution in [2.24, 2.45) is 0 Å². The second-order valence-electron chi connectivity index (χ2n) is 7.27. The third-order valence-electron chi connectivity index (χ3n) is 5.90. The van der Waals surface area contributed by atoms with Crippen molar-refractivity contribution >= 4 is 14.3 Å². The van der Waals surface area contributed by atoms with Gasteiger partial charge in [0.25, 0.3) is 0 Å². The lowest BCUT2D eigenvalue weighted by Gasteiger charge is -2.35. The zero-order valence-electron chi connectivity index (χ0n) is 15.9. The van der Waals surface area contributed by atoms with E-state index in [1.807, 2.05) is 0 Å². The Kier molecular flexibility index (Phi) is 5.97. The van der Waals surface area contributed by atoms with Crippen molar-refractivity contribution in [2.45, 2.75) is 83.2 Å². The van der Waals surface area contributed by atoms with Crippen molar-refractivity contribution in [3.05, 3.63) is 23.5 Å². The van der Waals surface area contributed by atoms with E-state index in [9.17, 15) is 4.79 Å². The SMILES string of the molecule is C=C1C2=C(C(=O)OC)CC[C@@](C)(CC[C@@H]1O[Si](CC)(CC)CC)O2. The van der Waals surface area contributed by atoms with Gasteiger partial charge in [0.15, 0.2) is 8.32 Å². The predicted octanol–water partition coefficient (Wildman–Crippen LogP) is 4.72. The third kappa shape index (κ3) is 3.62. The highest BCUT2D eigenvalue weighted by Crippen LogP contribution is 2.44. The number of carbonyl (C=O) groups excluding carboxylic acids is 1. The second kappa shape index (κ2) is 7.44. The van der Waals surface area contributed by atoms with Gasteiger partial charge >= 0.3 is 5.97 Å². The van der Waals surface area contributed by atoms with Crippen LogP contribution in [-0.2, 0) is 18.7 Å². The third-order valence-corrected chi connectivity index (χ3v) is 10.5. The Hall–Kier alpha value is -1.07. The summed E-state index contributed by atoms with van der Waals surface area (Å²) < 4.78 is 17.9. The van der Waals surface area contributed by atoms with Gasteiger partial charge in [-0.05, 0) is 50.7 Å². The molecule has 0 aliphatic carbocycles. The average molecular weight is 353 g/mol. The van der Waals surface area contributed by atoms with Crippen LogP contribution in [0.25, 0.3) is 0 Å². The summed E-state index contributed by atoms with van der Waals surface area (Å²) in [5.41, 5.74) is 1.21. The number of ether oxygens (including phenoxy) is 2. The topological polar surface area (TPSA) is 44.8 Å². The summed E-state index contributed by atoms with van der Waals surface area (Å²) in [6, 6.07) is 3.31. The van der Waals surface area contributed by atoms with Crippen LogP contribution in [0.15, 0.2) is 23.5 Å². The van der Waals surface area contributed by atoms with E-state index in [4.69, 9.17) is 13.9 Å². The summed E-state index contributed by atoms with van der Waals surface area (Å²) >= 11 is 0. The molecule has 2 heterocycles. The second-order valence-corrected chi connectivity index (χ2v) is 12.0. The lowest BCUT2D eigenvalue weighted by atomic mass is 9.90. The average Bonchev–Trinajstić information content (AvgIpc) is 2.69. The van der Waals surface area contributed by atoms with Crippen LogP contribution in [0.5, 0.6) is 0 Å². The molecule has 2 aliphatic rings. The van der Waals surface area contributed by atoms with Crippen LogP contribution in [0.2, 0.25) is 18.1 Å². The number of hydrogen-bond acceptors (Lipinski definition) is 4. The predicted molar refractivity (Wildman–Crippen MR) is 98.2 cm³/mol. The van der Waals surface area contributed by atoms with Crippen LogP contribution in [0.3, 0.4) is 0 Å². The number of esters is 1. The number of carbonyl (C=O) groups is 1. The first kappa shape index (κ1) is 19.3. The first-order chi connectivity index (χ1) is 11.3. The molecule has 2 aliphatic heterocycles. The maximum absolute atomic E-state index is 12.2. The van der Waals surface area contributed by atoms with Gasteiger partial charge in [0.05, 0.1) is 18.8 Å². The van der Waals surface area contributed by atoms with Gasteiger partial charge in [-0.3, -0.25) is 0 Å². The van der Waals surface area contributed by atoms with E-state index in [-0.39, 0.29) is 17.7 Å². The highest BCUT2D eigenvalue weighted by Gasteiger charge is 2.43. The summed E-state index contributed by atoms with van der Waals surface area (Å²) in [6.45, 7) is 13.1. The zero-order chi connectivity index (χ0) is 18.0. The van der Waals surface area contributed by atoms with Gasteiger partial charge in [-0.15, -0.1) is 0 Å². The fraction of sp³-hybridized carbons (Fsp3) is 0.737. The molecule has 2 rings (SSSR count). The standard InChI is InChI=1S/C19H32O4Si/c1-7-24(8-2,9-3)23-16-11-13-19(5)12-10-15(18(20)21-6)17(22-19)14(16)4/h16H,4,7-13H2,1-3,5-6H3/t16-,19-/m0/s1. The fourth-order valence-corrected chi connectivity index (χ4v) is 6.67. The van der Waals surface area contributed by atoms with E-state index < -0.39 is 8.32 Å². The molecule has 0 N–H and O–H groups in total. The van der Waals surface area contributed by atoms with Gasteiger partial charge in [-0.2, -0.15) is 0 Å². The van der Waals surface area contributed by atoms with Crippen molar-refractivity contribution in [2.75, 3.05) is 7.11 Å². The molecule has 136 valence electrons. The molecule has 0 amide bonds. The minimum absolute atomic E-state index is 0.0499. The molecule has 2 bridgehead atoms.